The van der Waals surface area contributed by atoms with Crippen molar-refractivity contribution in [2.75, 3.05) is 13.1 Å². The van der Waals surface area contributed by atoms with Gasteiger partial charge in [0.25, 0.3) is 0 Å². The summed E-state index contributed by atoms with van der Waals surface area (Å²) in [6.07, 6.45) is 6.45. The van der Waals surface area contributed by atoms with Gasteiger partial charge in [-0.3, -0.25) is 4.68 Å². The van der Waals surface area contributed by atoms with Crippen molar-refractivity contribution in [1.29, 1.82) is 0 Å². The van der Waals surface area contributed by atoms with Crippen LogP contribution in [0.1, 0.15) is 32.7 Å². The van der Waals surface area contributed by atoms with Crippen LogP contribution in [0.25, 0.3) is 11.1 Å². The van der Waals surface area contributed by atoms with E-state index < -0.39 is 0 Å². The van der Waals surface area contributed by atoms with Crippen LogP contribution in [0.3, 0.4) is 0 Å². The van der Waals surface area contributed by atoms with Crippen LogP contribution in [0.4, 0.5) is 0 Å². The molecule has 1 atom stereocenters. The molecule has 0 spiro atoms. The second-order valence-electron chi connectivity index (χ2n) is 4.83. The van der Waals surface area contributed by atoms with Crippen molar-refractivity contribution in [3.8, 4) is 11.1 Å². The number of hydrogen-bond acceptors (Lipinski definition) is 2. The van der Waals surface area contributed by atoms with E-state index in [9.17, 15) is 0 Å². The minimum absolute atomic E-state index is 0.447. The van der Waals surface area contributed by atoms with Crippen molar-refractivity contribution in [3.63, 3.8) is 0 Å². The number of nitrogens with one attached hydrogen (secondary N) is 1. The highest BCUT2D eigenvalue weighted by molar-refractivity contribution is 5.61. The summed E-state index contributed by atoms with van der Waals surface area (Å²) in [6, 6.07) is 10.9. The SMILES string of the molecule is CCCC(CNCC)n1cc(-c2ccccc2)cn1. The lowest BCUT2D eigenvalue weighted by Crippen LogP contribution is -2.25. The predicted molar refractivity (Wildman–Crippen MR) is 80.2 cm³/mol. The van der Waals surface area contributed by atoms with E-state index in [0.29, 0.717) is 6.04 Å². The number of rotatable bonds is 7. The molecule has 1 unspecified atom stereocenters. The Morgan fingerprint density at radius 3 is 2.63 bits per heavy atom. The lowest BCUT2D eigenvalue weighted by Gasteiger charge is -2.17. The van der Waals surface area contributed by atoms with Crippen molar-refractivity contribution in [2.45, 2.75) is 32.7 Å². The molecule has 0 amide bonds. The molecule has 0 radical (unpaired) electrons. The van der Waals surface area contributed by atoms with Crippen LogP contribution >= 0.6 is 0 Å². The maximum Gasteiger partial charge on any atom is 0.0643 e. The van der Waals surface area contributed by atoms with Crippen molar-refractivity contribution in [3.05, 3.63) is 42.7 Å². The summed E-state index contributed by atoms with van der Waals surface area (Å²) in [5.74, 6) is 0. The molecular formula is C16H23N3. The average molecular weight is 257 g/mol. The third-order valence-corrected chi connectivity index (χ3v) is 3.33. The average Bonchev–Trinajstić information content (AvgIpc) is 2.94. The monoisotopic (exact) mass is 257 g/mol. The molecule has 0 saturated carbocycles. The second-order valence-corrected chi connectivity index (χ2v) is 4.83. The molecule has 3 nitrogen and oxygen atoms in total. The number of hydrogen-bond donors (Lipinski definition) is 1. The highest BCUT2D eigenvalue weighted by Gasteiger charge is 2.11. The van der Waals surface area contributed by atoms with E-state index in [1.807, 2.05) is 12.3 Å². The number of likely N-dealkylation sites (N-methyl/N-ethyl adjacent to an activating group) is 1. The second kappa shape index (κ2) is 7.10. The van der Waals surface area contributed by atoms with E-state index in [4.69, 9.17) is 0 Å². The molecule has 0 aliphatic heterocycles. The van der Waals surface area contributed by atoms with Gasteiger partial charge in [0.1, 0.15) is 0 Å². The number of aromatic nitrogens is 2. The van der Waals surface area contributed by atoms with Gasteiger partial charge in [0.15, 0.2) is 0 Å². The third kappa shape index (κ3) is 3.67. The number of nitrogens with zero attached hydrogens (tertiary/aromatic N) is 2. The largest absolute Gasteiger partial charge is 0.315 e. The zero-order valence-electron chi connectivity index (χ0n) is 11.8. The van der Waals surface area contributed by atoms with E-state index >= 15 is 0 Å². The van der Waals surface area contributed by atoms with Crippen molar-refractivity contribution in [2.24, 2.45) is 0 Å². The van der Waals surface area contributed by atoms with E-state index in [1.165, 1.54) is 17.5 Å². The van der Waals surface area contributed by atoms with Gasteiger partial charge in [0.05, 0.1) is 12.2 Å². The first-order valence-corrected chi connectivity index (χ1v) is 7.15. The fourth-order valence-electron chi connectivity index (χ4n) is 2.29. The maximum atomic E-state index is 4.54. The van der Waals surface area contributed by atoms with E-state index in [1.54, 1.807) is 0 Å². The predicted octanol–water partition coefficient (Wildman–Crippen LogP) is 3.50. The quantitative estimate of drug-likeness (QED) is 0.822. The Labute approximate surface area is 115 Å². The number of benzene rings is 1. The van der Waals surface area contributed by atoms with Crippen LogP contribution in [0.5, 0.6) is 0 Å². The van der Waals surface area contributed by atoms with E-state index in [2.05, 4.69) is 59.4 Å². The van der Waals surface area contributed by atoms with Gasteiger partial charge in [-0.2, -0.15) is 5.10 Å². The van der Waals surface area contributed by atoms with Crippen LogP contribution < -0.4 is 5.32 Å². The fraction of sp³-hybridized carbons (Fsp3) is 0.438. The Bertz CT molecular complexity index is 476. The fourth-order valence-corrected chi connectivity index (χ4v) is 2.29. The van der Waals surface area contributed by atoms with Crippen LogP contribution in [0.2, 0.25) is 0 Å². The first-order valence-electron chi connectivity index (χ1n) is 7.15. The highest BCUT2D eigenvalue weighted by atomic mass is 15.3. The van der Waals surface area contributed by atoms with Gasteiger partial charge in [-0.25, -0.2) is 0 Å². The minimum atomic E-state index is 0.447. The van der Waals surface area contributed by atoms with Gasteiger partial charge in [-0.15, -0.1) is 0 Å². The van der Waals surface area contributed by atoms with Gasteiger partial charge in [0.2, 0.25) is 0 Å². The molecule has 0 saturated heterocycles. The van der Waals surface area contributed by atoms with Crippen molar-refractivity contribution < 1.29 is 0 Å². The highest BCUT2D eigenvalue weighted by Crippen LogP contribution is 2.20. The summed E-state index contributed by atoms with van der Waals surface area (Å²) in [4.78, 5) is 0. The molecule has 0 aliphatic rings. The Balaban J connectivity index is 2.14. The Hall–Kier alpha value is -1.61. The van der Waals surface area contributed by atoms with E-state index in [-0.39, 0.29) is 0 Å². The Morgan fingerprint density at radius 1 is 1.16 bits per heavy atom. The zero-order valence-corrected chi connectivity index (χ0v) is 11.8. The van der Waals surface area contributed by atoms with Gasteiger partial charge < -0.3 is 5.32 Å². The molecule has 19 heavy (non-hydrogen) atoms. The topological polar surface area (TPSA) is 29.9 Å². The summed E-state index contributed by atoms with van der Waals surface area (Å²) in [6.45, 7) is 6.36. The molecule has 1 heterocycles. The lowest BCUT2D eigenvalue weighted by molar-refractivity contribution is 0.399. The van der Waals surface area contributed by atoms with Crippen LogP contribution in [-0.2, 0) is 0 Å². The molecule has 102 valence electrons. The summed E-state index contributed by atoms with van der Waals surface area (Å²) in [5.41, 5.74) is 2.42. The third-order valence-electron chi connectivity index (χ3n) is 3.33. The first kappa shape index (κ1) is 13.8. The van der Waals surface area contributed by atoms with Gasteiger partial charge in [-0.05, 0) is 18.5 Å². The maximum absolute atomic E-state index is 4.54. The van der Waals surface area contributed by atoms with Crippen LogP contribution in [-0.4, -0.2) is 22.9 Å². The zero-order chi connectivity index (χ0) is 13.5. The summed E-state index contributed by atoms with van der Waals surface area (Å²) in [5, 5.41) is 7.96. The molecule has 1 aromatic carbocycles. The van der Waals surface area contributed by atoms with E-state index in [0.717, 1.165) is 19.5 Å². The van der Waals surface area contributed by atoms with Crippen LogP contribution in [0.15, 0.2) is 42.7 Å². The summed E-state index contributed by atoms with van der Waals surface area (Å²) < 4.78 is 2.11. The normalized spacial score (nSPS) is 12.5. The summed E-state index contributed by atoms with van der Waals surface area (Å²) in [7, 11) is 0. The van der Waals surface area contributed by atoms with Gasteiger partial charge >= 0.3 is 0 Å². The standard InChI is InChI=1S/C16H23N3/c1-3-8-16(12-17-4-2)19-13-15(11-18-19)14-9-6-5-7-10-14/h5-7,9-11,13,16-17H,3-4,8,12H2,1-2H3. The van der Waals surface area contributed by atoms with Crippen molar-refractivity contribution >= 4 is 0 Å². The Kier molecular flexibility index (Phi) is 5.16. The molecule has 0 bridgehead atoms. The summed E-state index contributed by atoms with van der Waals surface area (Å²) >= 11 is 0. The molecular weight excluding hydrogens is 234 g/mol. The first-order chi connectivity index (χ1) is 9.35. The molecule has 2 aromatic rings. The molecule has 3 heteroatoms. The molecule has 1 aromatic heterocycles. The lowest BCUT2D eigenvalue weighted by atomic mass is 10.1. The van der Waals surface area contributed by atoms with Gasteiger partial charge in [-0.1, -0.05) is 50.6 Å². The molecule has 0 fully saturated rings. The minimum Gasteiger partial charge on any atom is -0.315 e. The molecule has 2 rings (SSSR count). The molecule has 0 aliphatic carbocycles. The molecule has 1 N–H and O–H groups in total. The van der Waals surface area contributed by atoms with Gasteiger partial charge in [0, 0.05) is 18.3 Å². The van der Waals surface area contributed by atoms with Crippen molar-refractivity contribution in [1.82, 2.24) is 15.1 Å². The smallest absolute Gasteiger partial charge is 0.0643 e. The Morgan fingerprint density at radius 2 is 1.95 bits per heavy atom. The van der Waals surface area contributed by atoms with Crippen LogP contribution in [0, 0.1) is 0 Å².